The summed E-state index contributed by atoms with van der Waals surface area (Å²) < 4.78 is 5.98. The number of pyridine rings is 1. The van der Waals surface area contributed by atoms with Gasteiger partial charge in [-0.1, -0.05) is 50.1 Å². The van der Waals surface area contributed by atoms with Crippen LogP contribution in [-0.4, -0.2) is 23.5 Å². The molecule has 3 aromatic rings. The lowest BCUT2D eigenvalue weighted by Gasteiger charge is -2.14. The van der Waals surface area contributed by atoms with Crippen LogP contribution in [0.25, 0.3) is 22.2 Å². The first-order chi connectivity index (χ1) is 14.0. The summed E-state index contributed by atoms with van der Waals surface area (Å²) in [5, 5.41) is 0.622. The predicted molar refractivity (Wildman–Crippen MR) is 117 cm³/mol. The fourth-order valence-electron chi connectivity index (χ4n) is 3.25. The number of nitrogens with zero attached hydrogens (tertiary/aromatic N) is 2. The zero-order valence-electron chi connectivity index (χ0n) is 16.8. The van der Waals surface area contributed by atoms with E-state index in [0.29, 0.717) is 34.5 Å². The lowest BCUT2D eigenvalue weighted by atomic mass is 10.0. The quantitative estimate of drug-likeness (QED) is 0.358. The number of guanidine groups is 1. The number of carbonyl (C=O) groups is 1. The number of aromatic nitrogens is 1. The average molecular weight is 390 g/mol. The average Bonchev–Trinajstić information content (AvgIpc) is 2.70. The van der Waals surface area contributed by atoms with Gasteiger partial charge in [-0.2, -0.15) is 4.99 Å². The van der Waals surface area contributed by atoms with E-state index in [1.807, 2.05) is 49.4 Å². The number of aliphatic imine (C=N–C) groups is 1. The van der Waals surface area contributed by atoms with Gasteiger partial charge in [0.05, 0.1) is 28.8 Å². The number of fused-ring (bicyclic) bond motifs is 1. The molecule has 0 aliphatic carbocycles. The summed E-state index contributed by atoms with van der Waals surface area (Å²) in [7, 11) is 0. The van der Waals surface area contributed by atoms with Crippen LogP contribution in [-0.2, 0) is 0 Å². The molecule has 0 saturated carbocycles. The number of rotatable bonds is 7. The van der Waals surface area contributed by atoms with Crippen LogP contribution in [0.4, 0.5) is 0 Å². The van der Waals surface area contributed by atoms with Gasteiger partial charge in [-0.3, -0.25) is 4.79 Å². The minimum atomic E-state index is -0.517. The zero-order valence-corrected chi connectivity index (χ0v) is 16.8. The minimum absolute atomic E-state index is 0.279. The summed E-state index contributed by atoms with van der Waals surface area (Å²) >= 11 is 0. The molecule has 1 aromatic heterocycles. The minimum Gasteiger partial charge on any atom is -0.493 e. The molecule has 0 unspecified atom stereocenters. The van der Waals surface area contributed by atoms with Gasteiger partial charge < -0.3 is 16.2 Å². The molecule has 1 heterocycles. The highest BCUT2D eigenvalue weighted by Gasteiger charge is 2.18. The monoisotopic (exact) mass is 390 g/mol. The van der Waals surface area contributed by atoms with Gasteiger partial charge in [-0.25, -0.2) is 4.98 Å². The maximum absolute atomic E-state index is 12.8. The number of carbonyl (C=O) groups excluding carboxylic acids is 1. The molecule has 4 N–H and O–H groups in total. The van der Waals surface area contributed by atoms with Crippen molar-refractivity contribution in [2.45, 2.75) is 33.1 Å². The van der Waals surface area contributed by atoms with E-state index in [1.165, 1.54) is 0 Å². The normalized spacial score (nSPS) is 10.7. The Kier molecular flexibility index (Phi) is 6.44. The highest BCUT2D eigenvalue weighted by atomic mass is 16.5. The topological polar surface area (TPSA) is 104 Å². The highest BCUT2D eigenvalue weighted by molar-refractivity contribution is 6.12. The molecule has 2 aromatic carbocycles. The van der Waals surface area contributed by atoms with Crippen molar-refractivity contribution in [1.29, 1.82) is 0 Å². The largest absolute Gasteiger partial charge is 0.493 e. The number of benzene rings is 2. The number of unbranched alkanes of at least 4 members (excludes halogenated alkanes) is 2. The van der Waals surface area contributed by atoms with Crippen molar-refractivity contribution in [1.82, 2.24) is 4.98 Å². The molecule has 6 nitrogen and oxygen atoms in total. The Bertz CT molecular complexity index is 1060. The fraction of sp³-hybridized carbons (Fsp3) is 0.261. The third-order valence-corrected chi connectivity index (χ3v) is 4.68. The predicted octanol–water partition coefficient (Wildman–Crippen LogP) is 4.19. The van der Waals surface area contributed by atoms with Crippen LogP contribution in [0, 0.1) is 6.92 Å². The maximum atomic E-state index is 12.8. The number of hydrogen-bond acceptors (Lipinski definition) is 3. The summed E-state index contributed by atoms with van der Waals surface area (Å²) in [6.07, 6.45) is 3.13. The molecular weight excluding hydrogens is 364 g/mol. The fourth-order valence-corrected chi connectivity index (χ4v) is 3.25. The molecule has 0 aliphatic heterocycles. The molecule has 0 fully saturated rings. The van der Waals surface area contributed by atoms with E-state index in [-0.39, 0.29) is 5.96 Å². The van der Waals surface area contributed by atoms with Crippen LogP contribution in [0.1, 0.15) is 42.1 Å². The van der Waals surface area contributed by atoms with Crippen LogP contribution in [0.2, 0.25) is 0 Å². The standard InChI is InChI=1S/C23H26N4O2/c1-3-4-7-13-29-20-12-8-11-18-21(20)17(22(28)27-23(24)25)14-19(26-18)16-10-6-5-9-15(16)2/h5-6,8-12,14H,3-4,7,13H2,1-2H3,(H4,24,25,27,28). The Morgan fingerprint density at radius 3 is 2.62 bits per heavy atom. The summed E-state index contributed by atoms with van der Waals surface area (Å²) in [5.74, 6) is -0.188. The molecule has 150 valence electrons. The maximum Gasteiger partial charge on any atom is 0.281 e. The number of aryl methyl sites for hydroxylation is 1. The zero-order chi connectivity index (χ0) is 20.8. The summed E-state index contributed by atoms with van der Waals surface area (Å²) in [6, 6.07) is 15.2. The second kappa shape index (κ2) is 9.19. The lowest BCUT2D eigenvalue weighted by Crippen LogP contribution is -2.24. The number of nitrogens with two attached hydrogens (primary N) is 2. The van der Waals surface area contributed by atoms with Crippen LogP contribution in [0.3, 0.4) is 0 Å². The molecule has 0 saturated heterocycles. The molecule has 6 heteroatoms. The first-order valence-electron chi connectivity index (χ1n) is 9.77. The number of amides is 1. The van der Waals surface area contributed by atoms with Crippen molar-refractivity contribution in [3.8, 4) is 17.0 Å². The third-order valence-electron chi connectivity index (χ3n) is 4.68. The van der Waals surface area contributed by atoms with Crippen molar-refractivity contribution in [2.75, 3.05) is 6.61 Å². The molecule has 0 spiro atoms. The van der Waals surface area contributed by atoms with Crippen molar-refractivity contribution in [3.63, 3.8) is 0 Å². The van der Waals surface area contributed by atoms with Crippen molar-refractivity contribution < 1.29 is 9.53 Å². The summed E-state index contributed by atoms with van der Waals surface area (Å²) in [4.78, 5) is 21.4. The third kappa shape index (κ3) is 4.71. The van der Waals surface area contributed by atoms with Crippen molar-refractivity contribution >= 4 is 22.8 Å². The van der Waals surface area contributed by atoms with E-state index in [2.05, 4.69) is 11.9 Å². The van der Waals surface area contributed by atoms with Crippen LogP contribution >= 0.6 is 0 Å². The first-order valence-corrected chi connectivity index (χ1v) is 9.77. The van der Waals surface area contributed by atoms with Gasteiger partial charge in [0.1, 0.15) is 5.75 Å². The van der Waals surface area contributed by atoms with Gasteiger partial charge >= 0.3 is 0 Å². The van der Waals surface area contributed by atoms with E-state index < -0.39 is 5.91 Å². The van der Waals surface area contributed by atoms with Gasteiger partial charge in [0.25, 0.3) is 5.91 Å². The molecule has 1 amide bonds. The molecule has 0 bridgehead atoms. The van der Waals surface area contributed by atoms with Crippen LogP contribution in [0.5, 0.6) is 5.75 Å². The van der Waals surface area contributed by atoms with E-state index in [1.54, 1.807) is 6.07 Å². The molecule has 3 rings (SSSR count). The van der Waals surface area contributed by atoms with Gasteiger partial charge in [0, 0.05) is 5.56 Å². The molecular formula is C23H26N4O2. The van der Waals surface area contributed by atoms with E-state index >= 15 is 0 Å². The molecule has 0 aliphatic rings. The van der Waals surface area contributed by atoms with E-state index in [4.69, 9.17) is 21.2 Å². The van der Waals surface area contributed by atoms with Crippen LogP contribution in [0.15, 0.2) is 53.5 Å². The van der Waals surface area contributed by atoms with E-state index in [0.717, 1.165) is 30.4 Å². The van der Waals surface area contributed by atoms with Gasteiger partial charge in [0.15, 0.2) is 5.96 Å². The van der Waals surface area contributed by atoms with Crippen LogP contribution < -0.4 is 16.2 Å². The molecule has 0 radical (unpaired) electrons. The molecule has 0 atom stereocenters. The van der Waals surface area contributed by atoms with Gasteiger partial charge in [0.2, 0.25) is 0 Å². The Morgan fingerprint density at radius 1 is 1.10 bits per heavy atom. The van der Waals surface area contributed by atoms with E-state index in [9.17, 15) is 4.79 Å². The summed E-state index contributed by atoms with van der Waals surface area (Å²) in [6.45, 7) is 4.72. The smallest absolute Gasteiger partial charge is 0.281 e. The first kappa shape index (κ1) is 20.3. The van der Waals surface area contributed by atoms with Gasteiger partial charge in [-0.05, 0) is 37.1 Å². The Labute approximate surface area is 170 Å². The highest BCUT2D eigenvalue weighted by Crippen LogP contribution is 2.33. The van der Waals surface area contributed by atoms with Crippen molar-refractivity contribution in [3.05, 3.63) is 59.7 Å². The van der Waals surface area contributed by atoms with Gasteiger partial charge in [-0.15, -0.1) is 0 Å². The second-order valence-electron chi connectivity index (χ2n) is 6.92. The Hall–Kier alpha value is -3.41. The second-order valence-corrected chi connectivity index (χ2v) is 6.92. The number of ether oxygens (including phenoxy) is 1. The summed E-state index contributed by atoms with van der Waals surface area (Å²) in [5.41, 5.74) is 14.6. The lowest BCUT2D eigenvalue weighted by molar-refractivity contribution is 0.100. The SMILES string of the molecule is CCCCCOc1cccc2nc(-c3ccccc3C)cc(C(=O)N=C(N)N)c12. The van der Waals surface area contributed by atoms with Crippen molar-refractivity contribution in [2.24, 2.45) is 16.5 Å². The molecule has 29 heavy (non-hydrogen) atoms. The Morgan fingerprint density at radius 2 is 1.90 bits per heavy atom. The number of hydrogen-bond donors (Lipinski definition) is 2. The Balaban J connectivity index is 2.18.